The first-order chi connectivity index (χ1) is 14.5. The fourth-order valence-electron chi connectivity index (χ4n) is 4.37. The molecule has 1 saturated carbocycles. The molecule has 0 saturated heterocycles. The summed E-state index contributed by atoms with van der Waals surface area (Å²) in [6, 6.07) is 14.8. The van der Waals surface area contributed by atoms with Gasteiger partial charge in [0, 0.05) is 29.3 Å². The summed E-state index contributed by atoms with van der Waals surface area (Å²) in [4.78, 5) is 12.1. The minimum absolute atomic E-state index is 0.0325. The average molecular weight is 399 g/mol. The summed E-state index contributed by atoms with van der Waals surface area (Å²) >= 11 is 0. The molecule has 30 heavy (non-hydrogen) atoms. The van der Waals surface area contributed by atoms with Crippen LogP contribution in [0.2, 0.25) is 0 Å². The van der Waals surface area contributed by atoms with Gasteiger partial charge in [0.15, 0.2) is 0 Å². The van der Waals surface area contributed by atoms with E-state index in [-0.39, 0.29) is 18.0 Å². The first kappa shape index (κ1) is 18.7. The highest BCUT2D eigenvalue weighted by atomic mass is 16.1. The van der Waals surface area contributed by atoms with Crippen molar-refractivity contribution < 1.29 is 4.79 Å². The number of hydrogen-bond acceptors (Lipinski definition) is 4. The zero-order valence-corrected chi connectivity index (χ0v) is 17.3. The number of anilines is 2. The van der Waals surface area contributed by atoms with E-state index in [1.807, 2.05) is 30.7 Å². The molecule has 1 amide bonds. The summed E-state index contributed by atoms with van der Waals surface area (Å²) in [5.41, 5.74) is 6.19. The predicted octanol–water partition coefficient (Wildman–Crippen LogP) is 5.20. The fourth-order valence-corrected chi connectivity index (χ4v) is 4.37. The molecule has 6 nitrogen and oxygen atoms in total. The van der Waals surface area contributed by atoms with Crippen LogP contribution in [-0.4, -0.2) is 21.7 Å². The van der Waals surface area contributed by atoms with Crippen LogP contribution >= 0.6 is 0 Å². The highest BCUT2D eigenvalue weighted by Gasteiger charge is 2.30. The number of nitrogens with zero attached hydrogens (tertiary/aromatic N) is 3. The number of nitrogens with one attached hydrogen (secondary N) is 2. The molecule has 2 heterocycles. The summed E-state index contributed by atoms with van der Waals surface area (Å²) in [6.07, 6.45) is 3.24. The molecule has 5 rings (SSSR count). The largest absolute Gasteiger partial charge is 0.380 e. The lowest BCUT2D eigenvalue weighted by molar-refractivity contribution is -0.116. The van der Waals surface area contributed by atoms with Crippen molar-refractivity contribution in [3.8, 4) is 17.2 Å². The summed E-state index contributed by atoms with van der Waals surface area (Å²) in [7, 11) is 0. The maximum atomic E-state index is 12.1. The third-order valence-corrected chi connectivity index (χ3v) is 6.03. The number of rotatable bonds is 4. The summed E-state index contributed by atoms with van der Waals surface area (Å²) < 4.78 is 2.02. The van der Waals surface area contributed by atoms with Crippen molar-refractivity contribution >= 4 is 28.2 Å². The summed E-state index contributed by atoms with van der Waals surface area (Å²) in [5.74, 6) is 0.550. The lowest BCUT2D eigenvalue weighted by Gasteiger charge is -2.17. The molecule has 2 unspecified atom stereocenters. The molecule has 3 aromatic rings. The minimum atomic E-state index is 0.0325. The predicted molar refractivity (Wildman–Crippen MR) is 118 cm³/mol. The van der Waals surface area contributed by atoms with Crippen molar-refractivity contribution in [2.24, 2.45) is 0 Å². The first-order valence-corrected chi connectivity index (χ1v) is 10.6. The minimum Gasteiger partial charge on any atom is -0.380 e. The molecule has 1 aromatic heterocycles. The number of hydrogen-bond donors (Lipinski definition) is 2. The second kappa shape index (κ2) is 7.17. The van der Waals surface area contributed by atoms with E-state index in [4.69, 9.17) is 10.4 Å². The van der Waals surface area contributed by atoms with Gasteiger partial charge < -0.3 is 10.6 Å². The maximum absolute atomic E-state index is 12.1. The van der Waals surface area contributed by atoms with Gasteiger partial charge in [-0.25, -0.2) is 0 Å². The number of nitriles is 1. The van der Waals surface area contributed by atoms with Crippen molar-refractivity contribution in [2.45, 2.75) is 57.5 Å². The molecule has 0 bridgehead atoms. The van der Waals surface area contributed by atoms with Crippen LogP contribution in [0.3, 0.4) is 0 Å². The molecule has 1 fully saturated rings. The van der Waals surface area contributed by atoms with Crippen molar-refractivity contribution in [1.82, 2.24) is 9.78 Å². The van der Waals surface area contributed by atoms with Gasteiger partial charge in [0.05, 0.1) is 41.1 Å². The van der Waals surface area contributed by atoms with E-state index in [1.165, 1.54) is 18.2 Å². The highest BCUT2D eigenvalue weighted by molar-refractivity contribution is 6.01. The van der Waals surface area contributed by atoms with Gasteiger partial charge in [0.1, 0.15) is 0 Å². The molecule has 2 N–H and O–H groups in total. The molecule has 0 radical (unpaired) electrons. The molecule has 2 aliphatic rings. The van der Waals surface area contributed by atoms with Gasteiger partial charge in [-0.05, 0) is 50.5 Å². The lowest BCUT2D eigenvalue weighted by atomic mass is 9.99. The Bertz CT molecular complexity index is 1180. The maximum Gasteiger partial charge on any atom is 0.226 e. The SMILES string of the molecule is CC1CC(=O)Nc2cccc(-c3ccc4c(c3)c(C3CC3)nn4C(C)CC#N)c2N1. The Labute approximate surface area is 175 Å². The van der Waals surface area contributed by atoms with Gasteiger partial charge in [0.2, 0.25) is 5.91 Å². The van der Waals surface area contributed by atoms with Crippen LogP contribution in [-0.2, 0) is 4.79 Å². The monoisotopic (exact) mass is 399 g/mol. The van der Waals surface area contributed by atoms with Crippen molar-refractivity contribution in [3.63, 3.8) is 0 Å². The number of amides is 1. The van der Waals surface area contributed by atoms with Crippen LogP contribution in [0.15, 0.2) is 36.4 Å². The van der Waals surface area contributed by atoms with Gasteiger partial charge in [-0.1, -0.05) is 18.2 Å². The molecule has 6 heteroatoms. The third-order valence-electron chi connectivity index (χ3n) is 6.03. The fraction of sp³-hybridized carbons (Fsp3) is 0.375. The van der Waals surface area contributed by atoms with Crippen LogP contribution in [0.4, 0.5) is 11.4 Å². The Kier molecular flexibility index (Phi) is 4.47. The van der Waals surface area contributed by atoms with E-state index < -0.39 is 0 Å². The van der Waals surface area contributed by atoms with Gasteiger partial charge in [-0.15, -0.1) is 0 Å². The van der Waals surface area contributed by atoms with Gasteiger partial charge >= 0.3 is 0 Å². The number of para-hydroxylation sites is 1. The Hall–Kier alpha value is -3.33. The van der Waals surface area contributed by atoms with Gasteiger partial charge in [-0.3, -0.25) is 9.48 Å². The van der Waals surface area contributed by atoms with E-state index in [9.17, 15) is 4.79 Å². The molecular formula is C24H25N5O. The molecule has 2 aromatic carbocycles. The van der Waals surface area contributed by atoms with Crippen molar-refractivity contribution in [1.29, 1.82) is 5.26 Å². The molecular weight excluding hydrogens is 374 g/mol. The van der Waals surface area contributed by atoms with Gasteiger partial charge in [0.25, 0.3) is 0 Å². The molecule has 2 atom stereocenters. The normalized spacial score (nSPS) is 19.4. The van der Waals surface area contributed by atoms with Crippen LogP contribution < -0.4 is 10.6 Å². The number of aromatic nitrogens is 2. The molecule has 1 aliphatic heterocycles. The van der Waals surface area contributed by atoms with E-state index in [1.54, 1.807) is 0 Å². The number of carbonyl (C=O) groups is 1. The van der Waals surface area contributed by atoms with E-state index in [2.05, 4.69) is 41.0 Å². The van der Waals surface area contributed by atoms with Crippen LogP contribution in [0, 0.1) is 11.3 Å². The first-order valence-electron chi connectivity index (χ1n) is 10.6. The zero-order valence-electron chi connectivity index (χ0n) is 17.3. The molecule has 152 valence electrons. The second-order valence-electron chi connectivity index (χ2n) is 8.57. The molecule has 1 aliphatic carbocycles. The van der Waals surface area contributed by atoms with Crippen LogP contribution in [0.5, 0.6) is 0 Å². The smallest absolute Gasteiger partial charge is 0.226 e. The third kappa shape index (κ3) is 3.21. The van der Waals surface area contributed by atoms with Crippen LogP contribution in [0.25, 0.3) is 22.0 Å². The van der Waals surface area contributed by atoms with Crippen molar-refractivity contribution in [3.05, 3.63) is 42.1 Å². The highest BCUT2D eigenvalue weighted by Crippen LogP contribution is 2.44. The Morgan fingerprint density at radius 2 is 2.13 bits per heavy atom. The van der Waals surface area contributed by atoms with E-state index in [0.29, 0.717) is 18.8 Å². The Morgan fingerprint density at radius 1 is 1.30 bits per heavy atom. The quantitative estimate of drug-likeness (QED) is 0.632. The Morgan fingerprint density at radius 3 is 2.90 bits per heavy atom. The second-order valence-corrected chi connectivity index (χ2v) is 8.57. The number of fused-ring (bicyclic) bond motifs is 2. The van der Waals surface area contributed by atoms with Crippen molar-refractivity contribution in [2.75, 3.05) is 10.6 Å². The van der Waals surface area contributed by atoms with E-state index in [0.717, 1.165) is 33.7 Å². The van der Waals surface area contributed by atoms with E-state index >= 15 is 0 Å². The average Bonchev–Trinajstić information content (AvgIpc) is 3.50. The standard InChI is InChI=1S/C24H25N5O/c1-14-12-22(30)27-20-5-3-4-18(24(20)26-14)17-8-9-21-19(13-17)23(16-6-7-16)28-29(21)15(2)10-11-25/h3-5,8-9,13-16,26H,6-7,10,12H2,1-2H3,(H,27,30). The number of benzene rings is 2. The molecule has 0 spiro atoms. The number of carbonyl (C=O) groups excluding carboxylic acids is 1. The zero-order chi connectivity index (χ0) is 20.8. The lowest BCUT2D eigenvalue weighted by Crippen LogP contribution is -2.19. The Balaban J connectivity index is 1.65. The van der Waals surface area contributed by atoms with Crippen LogP contribution in [0.1, 0.15) is 57.2 Å². The summed E-state index contributed by atoms with van der Waals surface area (Å²) in [6.45, 7) is 4.08. The summed E-state index contributed by atoms with van der Waals surface area (Å²) in [5, 5.41) is 21.8. The topological polar surface area (TPSA) is 82.7 Å². The van der Waals surface area contributed by atoms with Gasteiger partial charge in [-0.2, -0.15) is 10.4 Å².